The number of amides is 3. The fourth-order valence-corrected chi connectivity index (χ4v) is 3.94. The second kappa shape index (κ2) is 7.94. The molecule has 30 heavy (non-hydrogen) atoms. The number of fused-ring (bicyclic) bond motifs is 1. The lowest BCUT2D eigenvalue weighted by atomic mass is 10.00. The van der Waals surface area contributed by atoms with E-state index in [0.29, 0.717) is 6.42 Å². The number of imide groups is 1. The molecule has 2 aromatic carbocycles. The maximum absolute atomic E-state index is 13.5. The van der Waals surface area contributed by atoms with Gasteiger partial charge in [0.25, 0.3) is 17.7 Å². The highest BCUT2D eigenvalue weighted by molar-refractivity contribution is 6.23. The summed E-state index contributed by atoms with van der Waals surface area (Å²) in [6.07, 6.45) is 4.08. The van der Waals surface area contributed by atoms with E-state index in [1.807, 2.05) is 6.07 Å². The molecule has 2 atom stereocenters. The molecule has 0 saturated carbocycles. The summed E-state index contributed by atoms with van der Waals surface area (Å²) in [6.45, 7) is 0. The first-order valence-electron chi connectivity index (χ1n) is 9.71. The zero-order valence-electron chi connectivity index (χ0n) is 16.1. The van der Waals surface area contributed by atoms with E-state index < -0.39 is 35.8 Å². The van der Waals surface area contributed by atoms with Crippen molar-refractivity contribution in [3.8, 4) is 0 Å². The molecule has 0 aliphatic carbocycles. The molecule has 0 unspecified atom stereocenters. The van der Waals surface area contributed by atoms with Crippen LogP contribution in [0.2, 0.25) is 0 Å². The number of carbonyl (C=O) groups excluding carboxylic acids is 3. The molecule has 0 spiro atoms. The molecular weight excluding hydrogens is 384 g/mol. The number of rotatable bonds is 5. The predicted molar refractivity (Wildman–Crippen MR) is 108 cm³/mol. The summed E-state index contributed by atoms with van der Waals surface area (Å²) in [4.78, 5) is 53.4. The Balaban J connectivity index is 1.74. The highest BCUT2D eigenvalue weighted by Gasteiger charge is 2.45. The summed E-state index contributed by atoms with van der Waals surface area (Å²) in [5, 5.41) is 9.57. The molecule has 0 fully saturated rings. The van der Waals surface area contributed by atoms with E-state index in [-0.39, 0.29) is 24.0 Å². The van der Waals surface area contributed by atoms with E-state index in [9.17, 15) is 24.3 Å². The standard InChI is InChI=1S/C23H20N2O5/c26-20-16-10-4-5-11-17(16)21(27)25(20)19(14-15-8-2-1-3-9-15)22(28)24-13-7-6-12-18(24)23(29)30/h1-5,7-11,13,18-19H,6,12,14H2,(H,29,30)/t18-,19+/m1/s1. The monoisotopic (exact) mass is 404 g/mol. The molecule has 7 heteroatoms. The summed E-state index contributed by atoms with van der Waals surface area (Å²) >= 11 is 0. The van der Waals surface area contributed by atoms with Gasteiger partial charge in [0.15, 0.2) is 0 Å². The molecule has 0 aromatic heterocycles. The van der Waals surface area contributed by atoms with Gasteiger partial charge in [-0.1, -0.05) is 48.5 Å². The predicted octanol–water partition coefficient (Wildman–Crippen LogP) is 2.48. The van der Waals surface area contributed by atoms with Crippen LogP contribution in [0.3, 0.4) is 0 Å². The first-order valence-corrected chi connectivity index (χ1v) is 9.71. The van der Waals surface area contributed by atoms with Crippen LogP contribution in [-0.2, 0) is 16.0 Å². The van der Waals surface area contributed by atoms with Crippen molar-refractivity contribution < 1.29 is 24.3 Å². The minimum atomic E-state index is -1.15. The van der Waals surface area contributed by atoms with Gasteiger partial charge in [0.2, 0.25) is 0 Å². The molecule has 4 rings (SSSR count). The van der Waals surface area contributed by atoms with Crippen LogP contribution in [0.5, 0.6) is 0 Å². The average molecular weight is 404 g/mol. The number of nitrogens with zero attached hydrogens (tertiary/aromatic N) is 2. The normalized spacial score (nSPS) is 19.0. The highest BCUT2D eigenvalue weighted by Crippen LogP contribution is 2.28. The molecule has 1 N–H and O–H groups in total. The molecule has 3 amide bonds. The summed E-state index contributed by atoms with van der Waals surface area (Å²) in [7, 11) is 0. The second-order valence-corrected chi connectivity index (χ2v) is 7.29. The molecule has 2 aliphatic heterocycles. The van der Waals surface area contributed by atoms with Crippen molar-refractivity contribution in [2.75, 3.05) is 0 Å². The molecule has 0 bridgehead atoms. The minimum absolute atomic E-state index is 0.0990. The van der Waals surface area contributed by atoms with Gasteiger partial charge in [-0.2, -0.15) is 0 Å². The fraction of sp³-hybridized carbons (Fsp3) is 0.217. The van der Waals surface area contributed by atoms with Crippen LogP contribution < -0.4 is 0 Å². The number of benzene rings is 2. The molecule has 7 nitrogen and oxygen atoms in total. The largest absolute Gasteiger partial charge is 0.480 e. The van der Waals surface area contributed by atoms with Crippen molar-refractivity contribution in [3.63, 3.8) is 0 Å². The van der Waals surface area contributed by atoms with Gasteiger partial charge in [0.1, 0.15) is 12.1 Å². The van der Waals surface area contributed by atoms with Crippen LogP contribution in [0.25, 0.3) is 0 Å². The van der Waals surface area contributed by atoms with Crippen molar-refractivity contribution >= 4 is 23.7 Å². The number of hydrogen-bond acceptors (Lipinski definition) is 4. The third-order valence-electron chi connectivity index (χ3n) is 5.44. The van der Waals surface area contributed by atoms with Crippen molar-refractivity contribution in [2.24, 2.45) is 0 Å². The third-order valence-corrected chi connectivity index (χ3v) is 5.44. The van der Waals surface area contributed by atoms with Crippen molar-refractivity contribution in [3.05, 3.63) is 83.6 Å². The SMILES string of the molecule is O=C(O)[C@H]1CCC=CN1C(=O)[C@H](Cc1ccccc1)N1C(=O)c2ccccc2C1=O. The Morgan fingerprint density at radius 2 is 1.57 bits per heavy atom. The zero-order chi connectivity index (χ0) is 21.3. The Kier molecular flexibility index (Phi) is 5.18. The molecular formula is C23H20N2O5. The second-order valence-electron chi connectivity index (χ2n) is 7.29. The summed E-state index contributed by atoms with van der Waals surface area (Å²) in [5.41, 5.74) is 1.26. The van der Waals surface area contributed by atoms with E-state index in [0.717, 1.165) is 15.4 Å². The number of hydrogen-bond donors (Lipinski definition) is 1. The number of aliphatic carboxylic acids is 1. The lowest BCUT2D eigenvalue weighted by molar-refractivity contribution is -0.149. The number of carboxylic acids is 1. The summed E-state index contributed by atoms with van der Waals surface area (Å²) in [6, 6.07) is 13.3. The van der Waals surface area contributed by atoms with E-state index in [1.54, 1.807) is 54.6 Å². The van der Waals surface area contributed by atoms with Crippen LogP contribution in [0.4, 0.5) is 0 Å². The van der Waals surface area contributed by atoms with Gasteiger partial charge in [0.05, 0.1) is 11.1 Å². The number of allylic oxidation sites excluding steroid dienone is 1. The molecule has 2 aliphatic rings. The Labute approximate surface area is 173 Å². The lowest BCUT2D eigenvalue weighted by Crippen LogP contribution is -2.54. The number of carbonyl (C=O) groups is 4. The van der Waals surface area contributed by atoms with Gasteiger partial charge in [-0.05, 0) is 30.5 Å². The van der Waals surface area contributed by atoms with Gasteiger partial charge >= 0.3 is 5.97 Å². The van der Waals surface area contributed by atoms with E-state index in [2.05, 4.69) is 0 Å². The van der Waals surface area contributed by atoms with E-state index in [4.69, 9.17) is 0 Å². The smallest absolute Gasteiger partial charge is 0.326 e. The minimum Gasteiger partial charge on any atom is -0.480 e. The topological polar surface area (TPSA) is 95.0 Å². The van der Waals surface area contributed by atoms with Crippen LogP contribution >= 0.6 is 0 Å². The maximum atomic E-state index is 13.5. The Hall–Kier alpha value is -3.74. The maximum Gasteiger partial charge on any atom is 0.326 e. The third kappa shape index (κ3) is 3.39. The van der Waals surface area contributed by atoms with Gasteiger partial charge < -0.3 is 10.0 Å². The Bertz CT molecular complexity index is 1010. The van der Waals surface area contributed by atoms with Crippen LogP contribution in [0.15, 0.2) is 66.9 Å². The van der Waals surface area contributed by atoms with Gasteiger partial charge in [-0.25, -0.2) is 4.79 Å². The Morgan fingerprint density at radius 3 is 2.17 bits per heavy atom. The molecule has 0 radical (unpaired) electrons. The van der Waals surface area contributed by atoms with Crippen LogP contribution in [0.1, 0.15) is 39.1 Å². The number of carboxylic acid groups (broad SMARTS) is 1. The average Bonchev–Trinajstić information content (AvgIpc) is 3.03. The quantitative estimate of drug-likeness (QED) is 0.773. The van der Waals surface area contributed by atoms with Gasteiger partial charge in [0, 0.05) is 12.6 Å². The summed E-state index contributed by atoms with van der Waals surface area (Å²) < 4.78 is 0. The van der Waals surface area contributed by atoms with E-state index in [1.165, 1.54) is 6.20 Å². The van der Waals surface area contributed by atoms with Crippen LogP contribution in [0, 0.1) is 0 Å². The fourth-order valence-electron chi connectivity index (χ4n) is 3.94. The van der Waals surface area contributed by atoms with Crippen molar-refractivity contribution in [2.45, 2.75) is 31.3 Å². The molecule has 0 saturated heterocycles. The van der Waals surface area contributed by atoms with E-state index >= 15 is 0 Å². The Morgan fingerprint density at radius 1 is 0.967 bits per heavy atom. The summed E-state index contributed by atoms with van der Waals surface area (Å²) in [5.74, 6) is -2.79. The highest BCUT2D eigenvalue weighted by atomic mass is 16.4. The van der Waals surface area contributed by atoms with Crippen molar-refractivity contribution in [1.29, 1.82) is 0 Å². The first kappa shape index (κ1) is 19.6. The van der Waals surface area contributed by atoms with Gasteiger partial charge in [-0.15, -0.1) is 0 Å². The molecule has 2 heterocycles. The molecule has 2 aromatic rings. The van der Waals surface area contributed by atoms with Crippen molar-refractivity contribution in [1.82, 2.24) is 9.80 Å². The zero-order valence-corrected chi connectivity index (χ0v) is 16.1. The lowest BCUT2D eigenvalue weighted by Gasteiger charge is -2.34. The first-order chi connectivity index (χ1) is 14.5. The van der Waals surface area contributed by atoms with Gasteiger partial charge in [-0.3, -0.25) is 19.3 Å². The molecule has 152 valence electrons. The van der Waals surface area contributed by atoms with Crippen LogP contribution in [-0.4, -0.2) is 50.7 Å².